The van der Waals surface area contributed by atoms with E-state index >= 15 is 0 Å². The number of hydrogen-bond donors (Lipinski definition) is 3. The summed E-state index contributed by atoms with van der Waals surface area (Å²) in [6.45, 7) is 8.72. The van der Waals surface area contributed by atoms with E-state index in [9.17, 15) is 9.18 Å². The number of hydrogen-bond acceptors (Lipinski definition) is 7. The molecule has 0 aliphatic carbocycles. The van der Waals surface area contributed by atoms with Crippen LogP contribution in [0.5, 0.6) is 5.75 Å². The van der Waals surface area contributed by atoms with E-state index in [4.69, 9.17) is 4.74 Å². The molecule has 1 aliphatic rings. The average Bonchev–Trinajstić information content (AvgIpc) is 2.72. The van der Waals surface area contributed by atoms with Gasteiger partial charge in [-0.2, -0.15) is 4.98 Å². The normalized spacial score (nSPS) is 18.1. The van der Waals surface area contributed by atoms with E-state index in [1.54, 1.807) is 25.2 Å². The largest absolute Gasteiger partial charge is 0.484 e. The highest BCUT2D eigenvalue weighted by Crippen LogP contribution is 2.38. The maximum atomic E-state index is 14.5. The van der Waals surface area contributed by atoms with E-state index in [2.05, 4.69) is 65.6 Å². The van der Waals surface area contributed by atoms with Crippen molar-refractivity contribution >= 4 is 23.4 Å². The lowest BCUT2D eigenvalue weighted by atomic mass is 9.77. The van der Waals surface area contributed by atoms with Crippen LogP contribution < -0.4 is 20.7 Å². The SMILES string of the molecule is CNC(=O)COc1cccc(Nc2ncc(F)c(NC3CC(C)(C)N(C)C(C)(C)C3)n2)c1. The summed E-state index contributed by atoms with van der Waals surface area (Å²) in [5, 5.41) is 8.87. The Morgan fingerprint density at radius 1 is 1.25 bits per heavy atom. The number of carbonyl (C=O) groups is 1. The molecule has 0 radical (unpaired) electrons. The van der Waals surface area contributed by atoms with Gasteiger partial charge in [-0.25, -0.2) is 9.37 Å². The Kier molecular flexibility index (Phi) is 6.88. The first-order valence-electron chi connectivity index (χ1n) is 10.7. The number of nitrogens with one attached hydrogen (secondary N) is 3. The van der Waals surface area contributed by atoms with Crippen molar-refractivity contribution in [1.29, 1.82) is 0 Å². The zero-order valence-corrected chi connectivity index (χ0v) is 19.6. The van der Waals surface area contributed by atoms with Crippen molar-refractivity contribution in [2.24, 2.45) is 0 Å². The van der Waals surface area contributed by atoms with Gasteiger partial charge in [0.15, 0.2) is 18.2 Å². The van der Waals surface area contributed by atoms with Gasteiger partial charge in [0.25, 0.3) is 5.91 Å². The van der Waals surface area contributed by atoms with Gasteiger partial charge < -0.3 is 20.7 Å². The average molecular weight is 445 g/mol. The Morgan fingerprint density at radius 2 is 1.94 bits per heavy atom. The number of anilines is 3. The van der Waals surface area contributed by atoms with Crippen LogP contribution in [0.2, 0.25) is 0 Å². The second-order valence-corrected chi connectivity index (χ2v) is 9.44. The number of piperidine rings is 1. The van der Waals surface area contributed by atoms with E-state index in [-0.39, 0.29) is 41.4 Å². The number of aromatic nitrogens is 2. The summed E-state index contributed by atoms with van der Waals surface area (Å²) in [6, 6.07) is 7.15. The number of amides is 1. The number of halogens is 1. The highest BCUT2D eigenvalue weighted by molar-refractivity contribution is 5.77. The molecule has 1 amide bonds. The second-order valence-electron chi connectivity index (χ2n) is 9.44. The van der Waals surface area contributed by atoms with Gasteiger partial charge in [-0.3, -0.25) is 9.69 Å². The summed E-state index contributed by atoms with van der Waals surface area (Å²) in [5.74, 6) is 0.253. The molecule has 1 saturated heterocycles. The minimum atomic E-state index is -0.493. The van der Waals surface area contributed by atoms with Crippen LogP contribution in [0, 0.1) is 5.82 Å². The Morgan fingerprint density at radius 3 is 2.59 bits per heavy atom. The van der Waals surface area contributed by atoms with Gasteiger partial charge in [0.05, 0.1) is 6.20 Å². The third-order valence-corrected chi connectivity index (χ3v) is 6.13. The van der Waals surface area contributed by atoms with E-state index in [1.807, 2.05) is 6.07 Å². The first-order valence-corrected chi connectivity index (χ1v) is 10.7. The van der Waals surface area contributed by atoms with Crippen LogP contribution in [0.1, 0.15) is 40.5 Å². The van der Waals surface area contributed by atoms with Crippen LogP contribution in [-0.2, 0) is 4.79 Å². The van der Waals surface area contributed by atoms with E-state index < -0.39 is 5.82 Å². The lowest BCUT2D eigenvalue weighted by Gasteiger charge is -2.53. The molecule has 1 aliphatic heterocycles. The third kappa shape index (κ3) is 5.64. The first-order chi connectivity index (χ1) is 15.0. The van der Waals surface area contributed by atoms with Crippen LogP contribution >= 0.6 is 0 Å². The van der Waals surface area contributed by atoms with Gasteiger partial charge in [-0.15, -0.1) is 0 Å². The summed E-state index contributed by atoms with van der Waals surface area (Å²) >= 11 is 0. The Labute approximate surface area is 189 Å². The van der Waals surface area contributed by atoms with Crippen LogP contribution in [0.15, 0.2) is 30.5 Å². The fraction of sp³-hybridized carbons (Fsp3) is 0.522. The van der Waals surface area contributed by atoms with Gasteiger partial charge in [0.1, 0.15) is 5.75 Å². The molecule has 1 aromatic carbocycles. The number of carbonyl (C=O) groups excluding carboxylic acids is 1. The van der Waals surface area contributed by atoms with Gasteiger partial charge in [-0.05, 0) is 59.7 Å². The van der Waals surface area contributed by atoms with Crippen molar-refractivity contribution in [1.82, 2.24) is 20.2 Å². The van der Waals surface area contributed by atoms with Gasteiger partial charge in [0.2, 0.25) is 5.95 Å². The predicted molar refractivity (Wildman–Crippen MR) is 124 cm³/mol. The van der Waals surface area contributed by atoms with Gasteiger partial charge in [0, 0.05) is 35.9 Å². The molecule has 3 rings (SSSR count). The Hall–Kier alpha value is -2.94. The summed E-state index contributed by atoms with van der Waals surface area (Å²) in [7, 11) is 3.69. The zero-order valence-electron chi connectivity index (χ0n) is 19.6. The smallest absolute Gasteiger partial charge is 0.257 e. The topological polar surface area (TPSA) is 91.4 Å². The van der Waals surface area contributed by atoms with Crippen LogP contribution in [0.4, 0.5) is 21.8 Å². The van der Waals surface area contributed by atoms with Crippen LogP contribution in [0.25, 0.3) is 0 Å². The molecule has 0 unspecified atom stereocenters. The summed E-state index contributed by atoms with van der Waals surface area (Å²) in [5.41, 5.74) is 0.608. The van der Waals surface area contributed by atoms with Crippen LogP contribution in [0.3, 0.4) is 0 Å². The fourth-order valence-corrected chi connectivity index (χ4v) is 4.21. The summed E-state index contributed by atoms with van der Waals surface area (Å²) < 4.78 is 20.0. The number of likely N-dealkylation sites (tertiary alicyclic amines) is 1. The van der Waals surface area contributed by atoms with Gasteiger partial charge in [-0.1, -0.05) is 6.07 Å². The second kappa shape index (κ2) is 9.28. The molecule has 0 bridgehead atoms. The quantitative estimate of drug-likeness (QED) is 0.602. The summed E-state index contributed by atoms with van der Waals surface area (Å²) in [4.78, 5) is 22.2. The fourth-order valence-electron chi connectivity index (χ4n) is 4.21. The highest BCUT2D eigenvalue weighted by Gasteiger charge is 2.43. The van der Waals surface area contributed by atoms with E-state index in [0.717, 1.165) is 19.0 Å². The molecule has 0 spiro atoms. The molecule has 0 atom stereocenters. The van der Waals surface area contributed by atoms with Crippen molar-refractivity contribution in [2.75, 3.05) is 31.3 Å². The molecular weight excluding hydrogens is 411 g/mol. The van der Waals surface area contributed by atoms with Crippen molar-refractivity contribution in [3.63, 3.8) is 0 Å². The molecular formula is C23H33FN6O2. The molecule has 32 heavy (non-hydrogen) atoms. The number of ether oxygens (including phenoxy) is 1. The van der Waals surface area contributed by atoms with Gasteiger partial charge >= 0.3 is 0 Å². The molecule has 2 heterocycles. The predicted octanol–water partition coefficient (Wildman–Crippen LogP) is 3.55. The molecule has 0 saturated carbocycles. The van der Waals surface area contributed by atoms with Crippen molar-refractivity contribution in [3.8, 4) is 5.75 Å². The Bertz CT molecular complexity index is 947. The third-order valence-electron chi connectivity index (χ3n) is 6.13. The molecule has 1 aromatic heterocycles. The zero-order chi connectivity index (χ0) is 23.5. The first kappa shape index (κ1) is 23.7. The number of likely N-dealkylation sites (N-methyl/N-ethyl adjacent to an activating group) is 1. The minimum Gasteiger partial charge on any atom is -0.484 e. The van der Waals surface area contributed by atoms with E-state index in [1.165, 1.54) is 0 Å². The highest BCUT2D eigenvalue weighted by atomic mass is 19.1. The molecule has 3 N–H and O–H groups in total. The molecule has 174 valence electrons. The molecule has 9 heteroatoms. The molecule has 1 fully saturated rings. The monoisotopic (exact) mass is 444 g/mol. The van der Waals surface area contributed by atoms with Crippen molar-refractivity contribution in [3.05, 3.63) is 36.3 Å². The van der Waals surface area contributed by atoms with E-state index in [0.29, 0.717) is 11.4 Å². The lowest BCUT2D eigenvalue weighted by molar-refractivity contribution is -0.122. The number of rotatable bonds is 7. The van der Waals surface area contributed by atoms with Crippen molar-refractivity contribution in [2.45, 2.75) is 57.7 Å². The lowest BCUT2D eigenvalue weighted by Crippen LogP contribution is -2.61. The maximum Gasteiger partial charge on any atom is 0.257 e. The summed E-state index contributed by atoms with van der Waals surface area (Å²) in [6.07, 6.45) is 2.89. The van der Waals surface area contributed by atoms with Crippen LogP contribution in [-0.4, -0.2) is 58.6 Å². The number of benzene rings is 1. The molecule has 8 nitrogen and oxygen atoms in total. The Balaban J connectivity index is 1.72. The van der Waals surface area contributed by atoms with Crippen molar-refractivity contribution < 1.29 is 13.9 Å². The molecule has 2 aromatic rings. The standard InChI is InChI=1S/C23H33FN6O2/c1-22(2)11-16(12-23(3,4)30(22)6)27-20-18(24)13-26-21(29-20)28-15-8-7-9-17(10-15)32-14-19(31)25-5/h7-10,13,16H,11-12,14H2,1-6H3,(H,25,31)(H2,26,27,28,29). The maximum absolute atomic E-state index is 14.5. The minimum absolute atomic E-state index is 0.0286. The number of nitrogens with zero attached hydrogens (tertiary/aromatic N) is 3.